The summed E-state index contributed by atoms with van der Waals surface area (Å²) < 4.78 is 11.0. The lowest BCUT2D eigenvalue weighted by Gasteiger charge is -2.38. The number of carbonyl (C=O) groups is 1. The number of methoxy groups -OCH3 is 1. The fourth-order valence-electron chi connectivity index (χ4n) is 3.13. The lowest BCUT2D eigenvalue weighted by atomic mass is 10.2. The van der Waals surface area contributed by atoms with Crippen molar-refractivity contribution in [2.75, 3.05) is 71.9 Å². The maximum Gasteiger partial charge on any atom is 0.322 e. The van der Waals surface area contributed by atoms with Crippen molar-refractivity contribution in [1.29, 1.82) is 0 Å². The van der Waals surface area contributed by atoms with Crippen LogP contribution in [0.4, 0.5) is 10.5 Å². The molecule has 2 fully saturated rings. The Kier molecular flexibility index (Phi) is 6.06. The van der Waals surface area contributed by atoms with E-state index in [4.69, 9.17) is 9.47 Å². The Morgan fingerprint density at radius 1 is 1.36 bits per heavy atom. The number of piperazine rings is 1. The monoisotopic (exact) mass is 349 g/mol. The van der Waals surface area contributed by atoms with Crippen LogP contribution in [0.15, 0.2) is 18.3 Å². The van der Waals surface area contributed by atoms with Gasteiger partial charge < -0.3 is 24.6 Å². The summed E-state index contributed by atoms with van der Waals surface area (Å²) in [6, 6.07) is 3.35. The standard InChI is InChI=1S/C17H27N5O3/c1-20-5-7-21(8-6-20)12-15-13-22(9-10-25-15)17(23)19-14-3-4-18-16(11-14)24-2/h3-4,11,15H,5-10,12-13H2,1-2H3,(H,18,19,23). The molecule has 138 valence electrons. The molecule has 2 aliphatic heterocycles. The molecule has 3 heterocycles. The van der Waals surface area contributed by atoms with E-state index in [1.807, 2.05) is 4.90 Å². The van der Waals surface area contributed by atoms with Gasteiger partial charge in [0.25, 0.3) is 0 Å². The molecule has 0 aromatic carbocycles. The molecule has 1 aromatic rings. The molecule has 25 heavy (non-hydrogen) atoms. The van der Waals surface area contributed by atoms with Crippen molar-refractivity contribution >= 4 is 11.7 Å². The summed E-state index contributed by atoms with van der Waals surface area (Å²) in [4.78, 5) is 23.1. The van der Waals surface area contributed by atoms with Crippen LogP contribution in [0.5, 0.6) is 5.88 Å². The molecule has 2 amide bonds. The number of amides is 2. The van der Waals surface area contributed by atoms with Crippen LogP contribution in [0, 0.1) is 0 Å². The van der Waals surface area contributed by atoms with Gasteiger partial charge in [-0.3, -0.25) is 4.90 Å². The van der Waals surface area contributed by atoms with Gasteiger partial charge in [-0.1, -0.05) is 0 Å². The second kappa shape index (κ2) is 8.46. The van der Waals surface area contributed by atoms with Crippen molar-refractivity contribution in [2.24, 2.45) is 0 Å². The molecule has 2 saturated heterocycles. The van der Waals surface area contributed by atoms with Crippen molar-refractivity contribution in [3.05, 3.63) is 18.3 Å². The SMILES string of the molecule is COc1cc(NC(=O)N2CCOC(CN3CCN(C)CC3)C2)ccn1. The quantitative estimate of drug-likeness (QED) is 0.857. The summed E-state index contributed by atoms with van der Waals surface area (Å²) in [6.45, 7) is 6.94. The number of pyridine rings is 1. The molecule has 0 spiro atoms. The van der Waals surface area contributed by atoms with Gasteiger partial charge in [-0.25, -0.2) is 9.78 Å². The number of rotatable bonds is 4. The molecule has 8 heteroatoms. The Bertz CT molecular complexity index is 577. The van der Waals surface area contributed by atoms with E-state index >= 15 is 0 Å². The van der Waals surface area contributed by atoms with E-state index in [0.717, 1.165) is 32.7 Å². The summed E-state index contributed by atoms with van der Waals surface area (Å²) in [5, 5.41) is 2.91. The maximum atomic E-state index is 12.5. The first-order valence-electron chi connectivity index (χ1n) is 8.72. The molecule has 3 rings (SSSR count). The number of carbonyl (C=O) groups excluding carboxylic acids is 1. The number of morpholine rings is 1. The third kappa shape index (κ3) is 5.04. The summed E-state index contributed by atoms with van der Waals surface area (Å²) in [6.07, 6.45) is 1.68. The van der Waals surface area contributed by atoms with E-state index in [2.05, 4.69) is 27.1 Å². The molecule has 1 atom stereocenters. The van der Waals surface area contributed by atoms with Gasteiger partial charge in [0.15, 0.2) is 0 Å². The van der Waals surface area contributed by atoms with Crippen LogP contribution in [0.2, 0.25) is 0 Å². The number of nitrogens with one attached hydrogen (secondary N) is 1. The normalized spacial score (nSPS) is 22.6. The number of likely N-dealkylation sites (N-methyl/N-ethyl adjacent to an activating group) is 1. The van der Waals surface area contributed by atoms with Gasteiger partial charge in [-0.2, -0.15) is 0 Å². The number of nitrogens with zero attached hydrogens (tertiary/aromatic N) is 4. The number of hydrogen-bond donors (Lipinski definition) is 1. The zero-order valence-electron chi connectivity index (χ0n) is 15.0. The highest BCUT2D eigenvalue weighted by Gasteiger charge is 2.27. The van der Waals surface area contributed by atoms with Crippen molar-refractivity contribution in [2.45, 2.75) is 6.10 Å². The first kappa shape index (κ1) is 17.9. The Morgan fingerprint density at radius 3 is 2.92 bits per heavy atom. The summed E-state index contributed by atoms with van der Waals surface area (Å²) in [5.41, 5.74) is 0.680. The predicted octanol–water partition coefficient (Wildman–Crippen LogP) is 0.570. The maximum absolute atomic E-state index is 12.5. The van der Waals surface area contributed by atoms with Gasteiger partial charge in [0.2, 0.25) is 5.88 Å². The Morgan fingerprint density at radius 2 is 2.16 bits per heavy atom. The van der Waals surface area contributed by atoms with Crippen molar-refractivity contribution in [3.8, 4) is 5.88 Å². The molecule has 1 N–H and O–H groups in total. The molecule has 1 aromatic heterocycles. The van der Waals surface area contributed by atoms with Crippen molar-refractivity contribution in [1.82, 2.24) is 19.7 Å². The van der Waals surface area contributed by atoms with E-state index < -0.39 is 0 Å². The van der Waals surface area contributed by atoms with Crippen molar-refractivity contribution < 1.29 is 14.3 Å². The zero-order valence-corrected chi connectivity index (χ0v) is 15.0. The summed E-state index contributed by atoms with van der Waals surface area (Å²) in [7, 11) is 3.70. The molecule has 0 radical (unpaired) electrons. The highest BCUT2D eigenvalue weighted by Crippen LogP contribution is 2.15. The predicted molar refractivity (Wildman–Crippen MR) is 95.1 cm³/mol. The third-order valence-corrected chi connectivity index (χ3v) is 4.68. The van der Waals surface area contributed by atoms with E-state index in [-0.39, 0.29) is 12.1 Å². The second-order valence-corrected chi connectivity index (χ2v) is 6.56. The van der Waals surface area contributed by atoms with Crippen molar-refractivity contribution in [3.63, 3.8) is 0 Å². The van der Waals surface area contributed by atoms with Crippen LogP contribution in [0.1, 0.15) is 0 Å². The van der Waals surface area contributed by atoms with Gasteiger partial charge in [0.05, 0.1) is 19.8 Å². The van der Waals surface area contributed by atoms with Gasteiger partial charge in [-0.15, -0.1) is 0 Å². The van der Waals surface area contributed by atoms with Gasteiger partial charge in [0, 0.05) is 63.8 Å². The second-order valence-electron chi connectivity index (χ2n) is 6.56. The Labute approximate surface area is 148 Å². The van der Waals surface area contributed by atoms with Gasteiger partial charge in [0.1, 0.15) is 0 Å². The number of anilines is 1. The lowest BCUT2D eigenvalue weighted by molar-refractivity contribution is -0.0338. The fraction of sp³-hybridized carbons (Fsp3) is 0.647. The molecular weight excluding hydrogens is 322 g/mol. The largest absolute Gasteiger partial charge is 0.481 e. The highest BCUT2D eigenvalue weighted by molar-refractivity contribution is 5.89. The minimum atomic E-state index is -0.111. The number of ether oxygens (including phenoxy) is 2. The number of hydrogen-bond acceptors (Lipinski definition) is 6. The Hall–Kier alpha value is -1.90. The van der Waals surface area contributed by atoms with Gasteiger partial charge in [-0.05, 0) is 13.1 Å². The fourth-order valence-corrected chi connectivity index (χ4v) is 3.13. The van der Waals surface area contributed by atoms with Crippen LogP contribution in [0.3, 0.4) is 0 Å². The number of urea groups is 1. The van der Waals surface area contributed by atoms with Crippen LogP contribution in [-0.4, -0.2) is 98.4 Å². The number of aromatic nitrogens is 1. The summed E-state index contributed by atoms with van der Waals surface area (Å²) in [5.74, 6) is 0.479. The molecule has 0 saturated carbocycles. The van der Waals surface area contributed by atoms with Crippen LogP contribution in [0.25, 0.3) is 0 Å². The zero-order chi connectivity index (χ0) is 17.6. The molecule has 0 aliphatic carbocycles. The summed E-state index contributed by atoms with van der Waals surface area (Å²) >= 11 is 0. The first-order valence-corrected chi connectivity index (χ1v) is 8.72. The molecule has 1 unspecified atom stereocenters. The average Bonchev–Trinajstić information content (AvgIpc) is 2.64. The first-order chi connectivity index (χ1) is 12.1. The Balaban J connectivity index is 1.50. The van der Waals surface area contributed by atoms with Crippen LogP contribution in [-0.2, 0) is 4.74 Å². The molecule has 2 aliphatic rings. The molecule has 8 nitrogen and oxygen atoms in total. The minimum absolute atomic E-state index is 0.0647. The lowest BCUT2D eigenvalue weighted by Crippen LogP contribution is -2.53. The van der Waals surface area contributed by atoms with E-state index in [9.17, 15) is 4.79 Å². The average molecular weight is 349 g/mol. The molecule has 0 bridgehead atoms. The molecular formula is C17H27N5O3. The topological polar surface area (TPSA) is 70.2 Å². The van der Waals surface area contributed by atoms with E-state index in [1.54, 1.807) is 25.4 Å². The van der Waals surface area contributed by atoms with Crippen LogP contribution >= 0.6 is 0 Å². The smallest absolute Gasteiger partial charge is 0.322 e. The van der Waals surface area contributed by atoms with Gasteiger partial charge >= 0.3 is 6.03 Å². The minimum Gasteiger partial charge on any atom is -0.481 e. The highest BCUT2D eigenvalue weighted by atomic mass is 16.5. The third-order valence-electron chi connectivity index (χ3n) is 4.68. The van der Waals surface area contributed by atoms with E-state index in [1.165, 1.54) is 0 Å². The van der Waals surface area contributed by atoms with Crippen LogP contribution < -0.4 is 10.1 Å². The van der Waals surface area contributed by atoms with E-state index in [0.29, 0.717) is 31.3 Å².